The zero-order valence-electron chi connectivity index (χ0n) is 14.0. The maximum Gasteiger partial charge on any atom is 0.0215 e. The average molecular weight is 269 g/mol. The van der Waals surface area contributed by atoms with Gasteiger partial charge in [-0.3, -0.25) is 0 Å². The minimum Gasteiger partial charge on any atom is -0.311 e. The van der Waals surface area contributed by atoms with E-state index in [0.29, 0.717) is 6.04 Å². The zero-order chi connectivity index (χ0) is 14.5. The molecular formula is C16H35N3. The van der Waals surface area contributed by atoms with Gasteiger partial charge in [0, 0.05) is 24.7 Å². The Bertz CT molecular complexity index is 239. The summed E-state index contributed by atoms with van der Waals surface area (Å²) in [5.74, 6) is 0.893. The first-order valence-corrected chi connectivity index (χ1v) is 7.95. The van der Waals surface area contributed by atoms with Crippen LogP contribution in [0, 0.1) is 5.92 Å². The fourth-order valence-corrected chi connectivity index (χ4v) is 2.84. The van der Waals surface area contributed by atoms with Gasteiger partial charge in [0.05, 0.1) is 0 Å². The highest BCUT2D eigenvalue weighted by Crippen LogP contribution is 2.18. The molecule has 0 radical (unpaired) electrons. The Hall–Kier alpha value is -0.120. The number of piperidine rings is 1. The summed E-state index contributed by atoms with van der Waals surface area (Å²) in [6.45, 7) is 14.0. The molecule has 1 unspecified atom stereocenters. The van der Waals surface area contributed by atoms with Gasteiger partial charge in [-0.1, -0.05) is 6.92 Å². The molecule has 0 spiro atoms. The summed E-state index contributed by atoms with van der Waals surface area (Å²) in [4.78, 5) is 5.03. The van der Waals surface area contributed by atoms with E-state index in [0.717, 1.165) is 12.5 Å². The van der Waals surface area contributed by atoms with Crippen LogP contribution in [0.2, 0.25) is 0 Å². The van der Waals surface area contributed by atoms with Gasteiger partial charge in [0.25, 0.3) is 0 Å². The number of likely N-dealkylation sites (tertiary alicyclic amines) is 1. The van der Waals surface area contributed by atoms with Crippen molar-refractivity contribution in [1.82, 2.24) is 15.1 Å². The van der Waals surface area contributed by atoms with Crippen LogP contribution in [-0.4, -0.2) is 61.7 Å². The highest BCUT2D eigenvalue weighted by Gasteiger charge is 2.22. The minimum absolute atomic E-state index is 0.224. The summed E-state index contributed by atoms with van der Waals surface area (Å²) < 4.78 is 0. The lowest BCUT2D eigenvalue weighted by Gasteiger charge is -2.36. The second kappa shape index (κ2) is 7.61. The van der Waals surface area contributed by atoms with Crippen LogP contribution in [0.25, 0.3) is 0 Å². The quantitative estimate of drug-likeness (QED) is 0.799. The molecule has 0 saturated carbocycles. The van der Waals surface area contributed by atoms with E-state index in [1.54, 1.807) is 0 Å². The van der Waals surface area contributed by atoms with E-state index in [4.69, 9.17) is 0 Å². The second-order valence-electron chi connectivity index (χ2n) is 7.38. The number of hydrogen-bond donors (Lipinski definition) is 1. The molecule has 1 heterocycles. The van der Waals surface area contributed by atoms with Crippen LogP contribution in [0.5, 0.6) is 0 Å². The number of rotatable bonds is 6. The SMILES string of the molecule is CCC(CNC(C)(C)C)N(C)CC1CCN(C)CC1. The third-order valence-electron chi connectivity index (χ3n) is 4.35. The van der Waals surface area contributed by atoms with Crippen LogP contribution in [0.1, 0.15) is 47.0 Å². The average Bonchev–Trinajstić information content (AvgIpc) is 2.31. The Labute approximate surface area is 120 Å². The van der Waals surface area contributed by atoms with Crippen LogP contribution in [0.15, 0.2) is 0 Å². The molecule has 1 rings (SSSR count). The predicted octanol–water partition coefficient (Wildman–Crippen LogP) is 2.43. The first-order chi connectivity index (χ1) is 8.81. The minimum atomic E-state index is 0.224. The molecule has 3 nitrogen and oxygen atoms in total. The molecule has 3 heteroatoms. The predicted molar refractivity (Wildman–Crippen MR) is 84.7 cm³/mol. The van der Waals surface area contributed by atoms with E-state index in [1.165, 1.54) is 38.9 Å². The van der Waals surface area contributed by atoms with Gasteiger partial charge < -0.3 is 15.1 Å². The lowest BCUT2D eigenvalue weighted by Crippen LogP contribution is -2.48. The van der Waals surface area contributed by atoms with Crippen LogP contribution in [-0.2, 0) is 0 Å². The number of nitrogens with zero attached hydrogens (tertiary/aromatic N) is 2. The van der Waals surface area contributed by atoms with Crippen molar-refractivity contribution in [3.05, 3.63) is 0 Å². The van der Waals surface area contributed by atoms with Crippen molar-refractivity contribution in [3.63, 3.8) is 0 Å². The normalized spacial score (nSPS) is 21.0. The van der Waals surface area contributed by atoms with Crippen molar-refractivity contribution < 1.29 is 0 Å². The number of nitrogens with one attached hydrogen (secondary N) is 1. The smallest absolute Gasteiger partial charge is 0.0215 e. The molecular weight excluding hydrogens is 234 g/mol. The van der Waals surface area contributed by atoms with Crippen molar-refractivity contribution >= 4 is 0 Å². The van der Waals surface area contributed by atoms with Crippen molar-refractivity contribution in [2.75, 3.05) is 40.3 Å². The first kappa shape index (κ1) is 16.9. The monoisotopic (exact) mass is 269 g/mol. The highest BCUT2D eigenvalue weighted by atomic mass is 15.2. The van der Waals surface area contributed by atoms with E-state index in [9.17, 15) is 0 Å². The van der Waals surface area contributed by atoms with Gasteiger partial charge in [-0.2, -0.15) is 0 Å². The molecule has 1 N–H and O–H groups in total. The van der Waals surface area contributed by atoms with Gasteiger partial charge >= 0.3 is 0 Å². The summed E-state index contributed by atoms with van der Waals surface area (Å²) in [6, 6.07) is 0.666. The van der Waals surface area contributed by atoms with E-state index in [2.05, 4.69) is 56.9 Å². The molecule has 0 amide bonds. The molecule has 0 aromatic heterocycles. The molecule has 0 aromatic rings. The zero-order valence-corrected chi connectivity index (χ0v) is 14.0. The standard InChI is InChI=1S/C16H35N3/c1-7-15(12-17-16(2,3)4)19(6)13-14-8-10-18(5)11-9-14/h14-15,17H,7-13H2,1-6H3. The van der Waals surface area contributed by atoms with Gasteiger partial charge in [0.1, 0.15) is 0 Å². The summed E-state index contributed by atoms with van der Waals surface area (Å²) in [5.41, 5.74) is 0.224. The molecule has 0 aromatic carbocycles. The van der Waals surface area contributed by atoms with E-state index in [1.807, 2.05) is 0 Å². The highest BCUT2D eigenvalue weighted by molar-refractivity contribution is 4.79. The Kier molecular flexibility index (Phi) is 6.78. The van der Waals surface area contributed by atoms with Crippen LogP contribution < -0.4 is 5.32 Å². The van der Waals surface area contributed by atoms with Crippen LogP contribution >= 0.6 is 0 Å². The lowest BCUT2D eigenvalue weighted by molar-refractivity contribution is 0.142. The summed E-state index contributed by atoms with van der Waals surface area (Å²) in [7, 11) is 4.54. The molecule has 1 saturated heterocycles. The van der Waals surface area contributed by atoms with Gasteiger partial charge in [-0.25, -0.2) is 0 Å². The third-order valence-corrected chi connectivity index (χ3v) is 4.35. The van der Waals surface area contributed by atoms with Crippen molar-refractivity contribution in [1.29, 1.82) is 0 Å². The Morgan fingerprint density at radius 2 is 1.84 bits per heavy atom. The molecule has 114 valence electrons. The third kappa shape index (κ3) is 6.73. The Balaban J connectivity index is 2.34. The van der Waals surface area contributed by atoms with Gasteiger partial charge in [-0.05, 0) is 73.1 Å². The molecule has 1 atom stereocenters. The molecule has 0 aliphatic carbocycles. The summed E-state index contributed by atoms with van der Waals surface area (Å²) in [6.07, 6.45) is 3.96. The fourth-order valence-electron chi connectivity index (χ4n) is 2.84. The van der Waals surface area contributed by atoms with E-state index >= 15 is 0 Å². The summed E-state index contributed by atoms with van der Waals surface area (Å²) in [5, 5.41) is 3.65. The van der Waals surface area contributed by atoms with Gasteiger partial charge in [0.2, 0.25) is 0 Å². The molecule has 19 heavy (non-hydrogen) atoms. The molecule has 1 fully saturated rings. The van der Waals surface area contributed by atoms with E-state index in [-0.39, 0.29) is 5.54 Å². The van der Waals surface area contributed by atoms with Gasteiger partial charge in [-0.15, -0.1) is 0 Å². The maximum absolute atomic E-state index is 3.65. The number of likely N-dealkylation sites (N-methyl/N-ethyl adjacent to an activating group) is 1. The fraction of sp³-hybridized carbons (Fsp3) is 1.00. The van der Waals surface area contributed by atoms with Crippen molar-refractivity contribution in [2.45, 2.75) is 58.5 Å². The van der Waals surface area contributed by atoms with Gasteiger partial charge in [0.15, 0.2) is 0 Å². The molecule has 0 bridgehead atoms. The van der Waals surface area contributed by atoms with E-state index < -0.39 is 0 Å². The Morgan fingerprint density at radius 1 is 1.26 bits per heavy atom. The Morgan fingerprint density at radius 3 is 2.32 bits per heavy atom. The molecule has 1 aliphatic heterocycles. The van der Waals surface area contributed by atoms with Crippen molar-refractivity contribution in [2.24, 2.45) is 5.92 Å². The van der Waals surface area contributed by atoms with Crippen LogP contribution in [0.4, 0.5) is 0 Å². The number of hydrogen-bond acceptors (Lipinski definition) is 3. The lowest BCUT2D eigenvalue weighted by atomic mass is 9.96. The topological polar surface area (TPSA) is 18.5 Å². The second-order valence-corrected chi connectivity index (χ2v) is 7.38. The largest absolute Gasteiger partial charge is 0.311 e. The van der Waals surface area contributed by atoms with Crippen molar-refractivity contribution in [3.8, 4) is 0 Å². The summed E-state index contributed by atoms with van der Waals surface area (Å²) >= 11 is 0. The first-order valence-electron chi connectivity index (χ1n) is 7.95. The maximum atomic E-state index is 3.65. The molecule has 1 aliphatic rings. The van der Waals surface area contributed by atoms with Crippen LogP contribution in [0.3, 0.4) is 0 Å².